The molecule has 1 aliphatic carbocycles. The van der Waals surface area contributed by atoms with Crippen LogP contribution in [0.15, 0.2) is 22.7 Å². The van der Waals surface area contributed by atoms with Gasteiger partial charge in [-0.25, -0.2) is 4.98 Å². The number of pyridine rings is 1. The van der Waals surface area contributed by atoms with Crippen molar-refractivity contribution in [3.8, 4) is 11.6 Å². The van der Waals surface area contributed by atoms with E-state index in [4.69, 9.17) is 10.3 Å². The van der Waals surface area contributed by atoms with Crippen molar-refractivity contribution in [2.24, 2.45) is 5.92 Å². The van der Waals surface area contributed by atoms with Crippen LogP contribution in [0.3, 0.4) is 0 Å². The normalized spacial score (nSPS) is 22.9. The van der Waals surface area contributed by atoms with Crippen LogP contribution in [0.1, 0.15) is 50.8 Å². The van der Waals surface area contributed by atoms with Gasteiger partial charge in [-0.15, -0.1) is 0 Å². The Morgan fingerprint density at radius 2 is 2.20 bits per heavy atom. The summed E-state index contributed by atoms with van der Waals surface area (Å²) in [5.41, 5.74) is 6.33. The zero-order chi connectivity index (χ0) is 13.9. The van der Waals surface area contributed by atoms with Crippen LogP contribution < -0.4 is 5.73 Å². The fraction of sp³-hybridized carbons (Fsp3) is 0.533. The summed E-state index contributed by atoms with van der Waals surface area (Å²) in [4.78, 5) is 8.73. The molecular weight excluding hydrogens is 252 g/mol. The molecule has 3 rings (SSSR count). The third kappa shape index (κ3) is 2.66. The molecule has 106 valence electrons. The van der Waals surface area contributed by atoms with E-state index in [0.29, 0.717) is 23.3 Å². The summed E-state index contributed by atoms with van der Waals surface area (Å²) in [5.74, 6) is 2.97. The van der Waals surface area contributed by atoms with Crippen LogP contribution in [-0.2, 0) is 0 Å². The van der Waals surface area contributed by atoms with E-state index in [9.17, 15) is 0 Å². The van der Waals surface area contributed by atoms with Crippen molar-refractivity contribution < 1.29 is 4.52 Å². The van der Waals surface area contributed by atoms with Gasteiger partial charge in [-0.2, -0.15) is 4.98 Å². The van der Waals surface area contributed by atoms with Crippen molar-refractivity contribution in [3.05, 3.63) is 24.0 Å². The van der Waals surface area contributed by atoms with Gasteiger partial charge in [-0.05, 0) is 30.9 Å². The van der Waals surface area contributed by atoms with Gasteiger partial charge in [0.1, 0.15) is 11.5 Å². The molecule has 0 spiro atoms. The Bertz CT molecular complexity index is 581. The van der Waals surface area contributed by atoms with E-state index in [0.717, 1.165) is 18.2 Å². The lowest BCUT2D eigenvalue weighted by Crippen LogP contribution is -2.14. The highest BCUT2D eigenvalue weighted by Crippen LogP contribution is 2.36. The minimum absolute atomic E-state index is 0.423. The van der Waals surface area contributed by atoms with Gasteiger partial charge in [0, 0.05) is 5.92 Å². The van der Waals surface area contributed by atoms with Crippen LogP contribution in [0.5, 0.6) is 0 Å². The Labute approximate surface area is 118 Å². The summed E-state index contributed by atoms with van der Waals surface area (Å²) in [6.07, 6.45) is 6.13. The molecule has 0 aromatic carbocycles. The molecular formula is C15H20N4O. The molecule has 20 heavy (non-hydrogen) atoms. The average Bonchev–Trinajstić information content (AvgIpc) is 2.97. The zero-order valence-corrected chi connectivity index (χ0v) is 11.7. The van der Waals surface area contributed by atoms with Gasteiger partial charge in [-0.3, -0.25) is 0 Å². The summed E-state index contributed by atoms with van der Waals surface area (Å²) in [7, 11) is 0. The maximum absolute atomic E-state index is 5.68. The molecule has 0 radical (unpaired) electrons. The van der Waals surface area contributed by atoms with Crippen molar-refractivity contribution in [3.63, 3.8) is 0 Å². The molecule has 0 aliphatic heterocycles. The molecule has 2 atom stereocenters. The highest BCUT2D eigenvalue weighted by molar-refractivity contribution is 5.50. The number of aromatic nitrogens is 3. The molecule has 2 aromatic heterocycles. The van der Waals surface area contributed by atoms with E-state index >= 15 is 0 Å². The first-order valence-electron chi connectivity index (χ1n) is 7.32. The molecule has 1 fully saturated rings. The monoisotopic (exact) mass is 272 g/mol. The van der Waals surface area contributed by atoms with E-state index in [2.05, 4.69) is 22.0 Å². The average molecular weight is 272 g/mol. The fourth-order valence-corrected chi connectivity index (χ4v) is 2.97. The lowest BCUT2D eigenvalue weighted by atomic mass is 9.80. The highest BCUT2D eigenvalue weighted by atomic mass is 16.5. The number of hydrogen-bond donors (Lipinski definition) is 1. The maximum atomic E-state index is 5.68. The smallest absolute Gasteiger partial charge is 0.276 e. The zero-order valence-electron chi connectivity index (χ0n) is 11.7. The largest absolute Gasteiger partial charge is 0.384 e. The van der Waals surface area contributed by atoms with Gasteiger partial charge in [0.2, 0.25) is 0 Å². The quantitative estimate of drug-likeness (QED) is 0.926. The molecule has 2 N–H and O–H groups in total. The topological polar surface area (TPSA) is 77.8 Å². The molecule has 2 unspecified atom stereocenters. The number of nitrogens with two attached hydrogens (primary N) is 1. The Morgan fingerprint density at radius 3 is 3.00 bits per heavy atom. The van der Waals surface area contributed by atoms with Gasteiger partial charge in [-0.1, -0.05) is 37.4 Å². The Balaban J connectivity index is 1.80. The van der Waals surface area contributed by atoms with Crippen molar-refractivity contribution in [2.45, 2.75) is 44.9 Å². The van der Waals surface area contributed by atoms with Gasteiger partial charge in [0.05, 0.1) is 0 Å². The number of rotatable bonds is 3. The molecule has 5 heteroatoms. The van der Waals surface area contributed by atoms with Crippen molar-refractivity contribution in [2.75, 3.05) is 5.73 Å². The van der Waals surface area contributed by atoms with Gasteiger partial charge in [0.15, 0.2) is 5.82 Å². The predicted octanol–water partition coefficient (Wildman–Crippen LogP) is 3.40. The van der Waals surface area contributed by atoms with E-state index in [1.54, 1.807) is 6.07 Å². The molecule has 0 amide bonds. The Hall–Kier alpha value is -1.91. The number of anilines is 1. The summed E-state index contributed by atoms with van der Waals surface area (Å²) < 4.78 is 5.35. The van der Waals surface area contributed by atoms with E-state index in [1.165, 1.54) is 25.7 Å². The predicted molar refractivity (Wildman–Crippen MR) is 76.9 cm³/mol. The van der Waals surface area contributed by atoms with Crippen LogP contribution in [0.25, 0.3) is 11.6 Å². The number of nitrogens with zero attached hydrogens (tertiary/aromatic N) is 3. The third-order valence-corrected chi connectivity index (χ3v) is 4.16. The van der Waals surface area contributed by atoms with Crippen LogP contribution >= 0.6 is 0 Å². The van der Waals surface area contributed by atoms with E-state index in [-0.39, 0.29) is 0 Å². The SMILES string of the molecule is CCC1CCCC(c2noc(-c3cccc(N)n3)n2)C1. The first-order chi connectivity index (χ1) is 9.76. The first-order valence-corrected chi connectivity index (χ1v) is 7.32. The van der Waals surface area contributed by atoms with Crippen molar-refractivity contribution >= 4 is 5.82 Å². The van der Waals surface area contributed by atoms with Crippen LogP contribution in [0.2, 0.25) is 0 Å². The standard InChI is InChI=1S/C15H20N4O/c1-2-10-5-3-6-11(9-10)14-18-15(20-19-14)12-7-4-8-13(16)17-12/h4,7-8,10-11H,2-3,5-6,9H2,1H3,(H2,16,17). The second kappa shape index (κ2) is 5.61. The molecule has 1 aliphatic rings. The lowest BCUT2D eigenvalue weighted by Gasteiger charge is -2.26. The highest BCUT2D eigenvalue weighted by Gasteiger charge is 2.26. The van der Waals surface area contributed by atoms with Crippen LogP contribution in [-0.4, -0.2) is 15.1 Å². The van der Waals surface area contributed by atoms with Gasteiger partial charge >= 0.3 is 0 Å². The third-order valence-electron chi connectivity index (χ3n) is 4.16. The van der Waals surface area contributed by atoms with E-state index < -0.39 is 0 Å². The second-order valence-electron chi connectivity index (χ2n) is 5.54. The molecule has 5 nitrogen and oxygen atoms in total. The minimum Gasteiger partial charge on any atom is -0.384 e. The van der Waals surface area contributed by atoms with E-state index in [1.807, 2.05) is 12.1 Å². The molecule has 2 aromatic rings. The first kappa shape index (κ1) is 13.1. The van der Waals surface area contributed by atoms with Gasteiger partial charge in [0.25, 0.3) is 5.89 Å². The fourth-order valence-electron chi connectivity index (χ4n) is 2.97. The summed E-state index contributed by atoms with van der Waals surface area (Å²) in [6, 6.07) is 5.42. The number of hydrogen-bond acceptors (Lipinski definition) is 5. The summed E-state index contributed by atoms with van der Waals surface area (Å²) in [5, 5.41) is 4.15. The summed E-state index contributed by atoms with van der Waals surface area (Å²) >= 11 is 0. The molecule has 0 bridgehead atoms. The Kier molecular flexibility index (Phi) is 3.67. The minimum atomic E-state index is 0.423. The summed E-state index contributed by atoms with van der Waals surface area (Å²) in [6.45, 7) is 2.26. The molecule has 2 heterocycles. The van der Waals surface area contributed by atoms with Crippen molar-refractivity contribution in [1.29, 1.82) is 0 Å². The molecule has 1 saturated carbocycles. The maximum Gasteiger partial charge on any atom is 0.276 e. The van der Waals surface area contributed by atoms with Crippen molar-refractivity contribution in [1.82, 2.24) is 15.1 Å². The van der Waals surface area contributed by atoms with Crippen LogP contribution in [0.4, 0.5) is 5.82 Å². The molecule has 0 saturated heterocycles. The lowest BCUT2D eigenvalue weighted by molar-refractivity contribution is 0.300. The Morgan fingerprint density at radius 1 is 1.30 bits per heavy atom. The number of nitrogen functional groups attached to an aromatic ring is 1. The second-order valence-corrected chi connectivity index (χ2v) is 5.54. The van der Waals surface area contributed by atoms with Crippen LogP contribution in [0, 0.1) is 5.92 Å². The van der Waals surface area contributed by atoms with Gasteiger partial charge < -0.3 is 10.3 Å².